The van der Waals surface area contributed by atoms with Crippen molar-refractivity contribution in [2.75, 3.05) is 0 Å². The monoisotopic (exact) mass is 413 g/mol. The first-order chi connectivity index (χ1) is 14.0. The van der Waals surface area contributed by atoms with Gasteiger partial charge in [0.2, 0.25) is 5.88 Å². The minimum Gasteiger partial charge on any atom is -0.438 e. The van der Waals surface area contributed by atoms with Crippen LogP contribution in [0.5, 0.6) is 11.6 Å². The molecule has 6 nitrogen and oxygen atoms in total. The summed E-state index contributed by atoms with van der Waals surface area (Å²) in [6, 6.07) is 17.8. The van der Waals surface area contributed by atoms with Gasteiger partial charge >= 0.3 is 6.18 Å². The molecule has 0 aliphatic carbocycles. The summed E-state index contributed by atoms with van der Waals surface area (Å²) in [5, 5.41) is 11.3. The highest BCUT2D eigenvalue weighted by Crippen LogP contribution is 2.32. The van der Waals surface area contributed by atoms with Gasteiger partial charge in [0.15, 0.2) is 5.65 Å². The first-order valence-electron chi connectivity index (χ1n) is 8.41. The number of fused-ring (bicyclic) bond motifs is 2. The Bertz CT molecular complexity index is 1290. The Balaban J connectivity index is 1.42. The van der Waals surface area contributed by atoms with Gasteiger partial charge in [-0.05, 0) is 42.5 Å². The zero-order valence-corrected chi connectivity index (χ0v) is 15.3. The number of alkyl halides is 3. The maximum absolute atomic E-state index is 13.0. The van der Waals surface area contributed by atoms with Gasteiger partial charge in [-0.3, -0.25) is 0 Å². The van der Waals surface area contributed by atoms with Gasteiger partial charge in [-0.1, -0.05) is 12.1 Å². The Kier molecular flexibility index (Phi) is 3.95. The molecule has 2 aromatic carbocycles. The lowest BCUT2D eigenvalue weighted by atomic mass is 10.2. The van der Waals surface area contributed by atoms with Gasteiger partial charge in [0, 0.05) is 11.6 Å². The number of aromatic nitrogens is 5. The van der Waals surface area contributed by atoms with Gasteiger partial charge in [0.1, 0.15) is 10.8 Å². The van der Waals surface area contributed by atoms with Crippen molar-refractivity contribution in [1.82, 2.24) is 24.8 Å². The van der Waals surface area contributed by atoms with Crippen molar-refractivity contribution >= 4 is 27.2 Å². The lowest BCUT2D eigenvalue weighted by molar-refractivity contribution is -0.146. The lowest BCUT2D eigenvalue weighted by Gasteiger charge is -2.07. The van der Waals surface area contributed by atoms with Gasteiger partial charge < -0.3 is 4.74 Å². The maximum atomic E-state index is 13.0. The lowest BCUT2D eigenvalue weighted by Crippen LogP contribution is -2.12. The fraction of sp³-hybridized carbons (Fsp3) is 0.0526. The number of nitrogens with zero attached hydrogens (tertiary/aromatic N) is 5. The predicted molar refractivity (Wildman–Crippen MR) is 101 cm³/mol. The number of halogens is 3. The van der Waals surface area contributed by atoms with Gasteiger partial charge in [-0.2, -0.15) is 17.7 Å². The van der Waals surface area contributed by atoms with E-state index in [0.717, 1.165) is 20.8 Å². The summed E-state index contributed by atoms with van der Waals surface area (Å²) in [7, 11) is 0. The van der Waals surface area contributed by atoms with Gasteiger partial charge in [-0.15, -0.1) is 26.6 Å². The normalized spacial score (nSPS) is 12.0. The van der Waals surface area contributed by atoms with Crippen molar-refractivity contribution in [1.29, 1.82) is 0 Å². The van der Waals surface area contributed by atoms with E-state index in [9.17, 15) is 13.2 Å². The molecule has 0 atom stereocenters. The topological polar surface area (TPSA) is 65.2 Å². The Morgan fingerprint density at radius 2 is 1.69 bits per heavy atom. The third kappa shape index (κ3) is 3.27. The average molecular weight is 413 g/mol. The molecule has 0 spiro atoms. The van der Waals surface area contributed by atoms with Crippen LogP contribution in [0.4, 0.5) is 13.2 Å². The van der Waals surface area contributed by atoms with Gasteiger partial charge in [0.25, 0.3) is 5.82 Å². The highest BCUT2D eigenvalue weighted by Gasteiger charge is 2.37. The molecule has 10 heteroatoms. The molecular formula is C19H10F3N5OS. The Morgan fingerprint density at radius 1 is 0.897 bits per heavy atom. The minimum absolute atomic E-state index is 0.00413. The molecule has 0 aliphatic rings. The Morgan fingerprint density at radius 3 is 2.45 bits per heavy atom. The molecule has 0 saturated carbocycles. The molecule has 0 amide bonds. The van der Waals surface area contributed by atoms with Crippen LogP contribution in [-0.2, 0) is 6.18 Å². The van der Waals surface area contributed by atoms with Crippen LogP contribution in [-0.4, -0.2) is 24.8 Å². The zero-order chi connectivity index (χ0) is 20.0. The van der Waals surface area contributed by atoms with E-state index in [2.05, 4.69) is 20.3 Å². The third-order valence-electron chi connectivity index (χ3n) is 4.11. The molecule has 3 heterocycles. The average Bonchev–Trinajstić information content (AvgIpc) is 3.32. The summed E-state index contributed by atoms with van der Waals surface area (Å²) in [5.41, 5.74) is 1.83. The summed E-state index contributed by atoms with van der Waals surface area (Å²) in [6.07, 6.45) is -4.66. The second-order valence-electron chi connectivity index (χ2n) is 6.08. The summed E-state index contributed by atoms with van der Waals surface area (Å²) >= 11 is 1.58. The number of hydrogen-bond acceptors (Lipinski definition) is 6. The quantitative estimate of drug-likeness (QED) is 0.406. The van der Waals surface area contributed by atoms with E-state index in [1.807, 2.05) is 36.4 Å². The first-order valence-corrected chi connectivity index (χ1v) is 9.22. The molecule has 0 saturated heterocycles. The summed E-state index contributed by atoms with van der Waals surface area (Å²) < 4.78 is 46.3. The van der Waals surface area contributed by atoms with E-state index in [0.29, 0.717) is 10.3 Å². The highest BCUT2D eigenvalue weighted by molar-refractivity contribution is 7.21. The molecule has 0 bridgehead atoms. The highest BCUT2D eigenvalue weighted by atomic mass is 32.1. The standard InChI is InChI=1S/C19H10F3N5OS/c20-19(21,22)18-25-24-15-9-10-16(26-27(15)18)28-12-7-5-11(6-8-12)17-23-13-3-1-2-4-14(13)29-17/h1-10H. The molecule has 3 aromatic heterocycles. The second-order valence-corrected chi connectivity index (χ2v) is 7.11. The van der Waals surface area contributed by atoms with E-state index in [4.69, 9.17) is 4.74 Å². The molecule has 0 radical (unpaired) electrons. The van der Waals surface area contributed by atoms with Crippen LogP contribution in [0.1, 0.15) is 5.82 Å². The van der Waals surface area contributed by atoms with Crippen molar-refractivity contribution < 1.29 is 17.9 Å². The number of para-hydroxylation sites is 1. The van der Waals surface area contributed by atoms with E-state index in [1.165, 1.54) is 12.1 Å². The number of ether oxygens (including phenoxy) is 1. The summed E-state index contributed by atoms with van der Waals surface area (Å²) in [6.45, 7) is 0. The van der Waals surface area contributed by atoms with Crippen molar-refractivity contribution in [2.45, 2.75) is 6.18 Å². The van der Waals surface area contributed by atoms with Crippen molar-refractivity contribution in [3.8, 4) is 22.2 Å². The first kappa shape index (κ1) is 17.6. The Labute approximate surface area is 165 Å². The van der Waals surface area contributed by atoms with Crippen LogP contribution >= 0.6 is 11.3 Å². The van der Waals surface area contributed by atoms with Crippen LogP contribution in [0.2, 0.25) is 0 Å². The summed E-state index contributed by atoms with van der Waals surface area (Å²) in [4.78, 5) is 4.60. The predicted octanol–water partition coefficient (Wildman–Crippen LogP) is 5.21. The number of hydrogen-bond donors (Lipinski definition) is 0. The number of thiazole rings is 1. The van der Waals surface area contributed by atoms with Crippen molar-refractivity contribution in [3.63, 3.8) is 0 Å². The van der Waals surface area contributed by atoms with Crippen molar-refractivity contribution in [2.24, 2.45) is 0 Å². The van der Waals surface area contributed by atoms with Crippen LogP contribution in [0.15, 0.2) is 60.7 Å². The van der Waals surface area contributed by atoms with Gasteiger partial charge in [-0.25, -0.2) is 4.98 Å². The SMILES string of the molecule is FC(F)(F)c1nnc2ccc(Oc3ccc(-c4nc5ccccc5s4)cc3)nn12. The molecule has 29 heavy (non-hydrogen) atoms. The molecule has 5 rings (SSSR count). The van der Waals surface area contributed by atoms with Crippen LogP contribution in [0.25, 0.3) is 26.4 Å². The number of benzene rings is 2. The van der Waals surface area contributed by atoms with E-state index < -0.39 is 12.0 Å². The van der Waals surface area contributed by atoms with Crippen LogP contribution in [0.3, 0.4) is 0 Å². The van der Waals surface area contributed by atoms with E-state index in [-0.39, 0.29) is 11.5 Å². The fourth-order valence-electron chi connectivity index (χ4n) is 2.79. The van der Waals surface area contributed by atoms with Crippen LogP contribution < -0.4 is 4.74 Å². The largest absolute Gasteiger partial charge is 0.453 e. The molecule has 144 valence electrons. The van der Waals surface area contributed by atoms with E-state index >= 15 is 0 Å². The maximum Gasteiger partial charge on any atom is 0.453 e. The van der Waals surface area contributed by atoms with Gasteiger partial charge in [0.05, 0.1) is 10.2 Å². The smallest absolute Gasteiger partial charge is 0.438 e. The molecule has 0 fully saturated rings. The Hall–Kier alpha value is -3.53. The molecule has 5 aromatic rings. The zero-order valence-electron chi connectivity index (χ0n) is 14.5. The number of rotatable bonds is 3. The second kappa shape index (κ2) is 6.52. The molecule has 0 unspecified atom stereocenters. The minimum atomic E-state index is -4.66. The van der Waals surface area contributed by atoms with Crippen LogP contribution in [0, 0.1) is 0 Å². The van der Waals surface area contributed by atoms with Crippen molar-refractivity contribution in [3.05, 3.63) is 66.5 Å². The molecular weight excluding hydrogens is 403 g/mol. The fourth-order valence-corrected chi connectivity index (χ4v) is 3.76. The van der Waals surface area contributed by atoms with E-state index in [1.54, 1.807) is 23.5 Å². The summed E-state index contributed by atoms with van der Waals surface area (Å²) in [5.74, 6) is -0.775. The third-order valence-corrected chi connectivity index (χ3v) is 5.19. The molecule has 0 aliphatic heterocycles. The molecule has 0 N–H and O–H groups in total.